The van der Waals surface area contributed by atoms with Crippen LogP contribution in [-0.4, -0.2) is 30.6 Å². The van der Waals surface area contributed by atoms with Crippen molar-refractivity contribution in [2.75, 3.05) is 11.9 Å². The van der Waals surface area contributed by atoms with Crippen LogP contribution in [0.4, 0.5) is 5.69 Å². The van der Waals surface area contributed by atoms with Crippen LogP contribution in [-0.2, 0) is 14.3 Å². The zero-order valence-electron chi connectivity index (χ0n) is 14.4. The Kier molecular flexibility index (Phi) is 4.24. The number of morpholine rings is 1. The maximum Gasteiger partial charge on any atom is 0.336 e. The first kappa shape index (κ1) is 16.8. The molecule has 2 aliphatic rings. The molecular weight excluding hydrogens is 336 g/mol. The summed E-state index contributed by atoms with van der Waals surface area (Å²) in [6.07, 6.45) is 1.88. The second-order valence-electron chi connectivity index (χ2n) is 6.98. The zero-order chi connectivity index (χ0) is 18.3. The zero-order valence-corrected chi connectivity index (χ0v) is 14.4. The lowest BCUT2D eigenvalue weighted by molar-refractivity contribution is -0.141. The maximum atomic E-state index is 12.6. The topological polar surface area (TPSA) is 97.6 Å². The predicted molar refractivity (Wildman–Crippen MR) is 94.9 cm³/mol. The highest BCUT2D eigenvalue weighted by atomic mass is 16.5. The number of anilines is 1. The van der Waals surface area contributed by atoms with Gasteiger partial charge in [0.2, 0.25) is 11.8 Å². The molecule has 136 valence electrons. The molecule has 1 saturated heterocycles. The van der Waals surface area contributed by atoms with Crippen LogP contribution in [0.3, 0.4) is 0 Å². The molecule has 2 aromatic rings. The summed E-state index contributed by atoms with van der Waals surface area (Å²) < 4.78 is 10.8. The summed E-state index contributed by atoms with van der Waals surface area (Å²) in [5.74, 6) is -0.355. The van der Waals surface area contributed by atoms with Gasteiger partial charge in [0.1, 0.15) is 12.2 Å². The SMILES string of the molecule is Cc1cc(=O)oc2cc(NC(=O)[C@H]3CC[C@@H]4NC(=O)CO[C@H]4C3)ccc12. The van der Waals surface area contributed by atoms with E-state index < -0.39 is 5.63 Å². The van der Waals surface area contributed by atoms with E-state index in [0.29, 0.717) is 24.1 Å². The summed E-state index contributed by atoms with van der Waals surface area (Å²) >= 11 is 0. The third kappa shape index (κ3) is 3.22. The van der Waals surface area contributed by atoms with Crippen LogP contribution in [0.1, 0.15) is 24.8 Å². The van der Waals surface area contributed by atoms with Crippen LogP contribution in [0.2, 0.25) is 0 Å². The molecule has 3 atom stereocenters. The van der Waals surface area contributed by atoms with E-state index in [1.165, 1.54) is 6.07 Å². The molecule has 7 nitrogen and oxygen atoms in total. The summed E-state index contributed by atoms with van der Waals surface area (Å²) in [5.41, 5.74) is 1.48. The fourth-order valence-electron chi connectivity index (χ4n) is 3.79. The second kappa shape index (κ2) is 6.57. The van der Waals surface area contributed by atoms with E-state index >= 15 is 0 Å². The van der Waals surface area contributed by atoms with Gasteiger partial charge in [0, 0.05) is 29.1 Å². The van der Waals surface area contributed by atoms with Crippen molar-refractivity contribution >= 4 is 28.5 Å². The van der Waals surface area contributed by atoms with Crippen LogP contribution in [0.25, 0.3) is 11.0 Å². The minimum atomic E-state index is -0.409. The Bertz CT molecular complexity index is 935. The molecule has 2 heterocycles. The Balaban J connectivity index is 1.47. The molecule has 4 rings (SSSR count). The molecule has 1 aromatic carbocycles. The highest BCUT2D eigenvalue weighted by Crippen LogP contribution is 2.30. The van der Waals surface area contributed by atoms with Crippen LogP contribution in [0.15, 0.2) is 33.5 Å². The summed E-state index contributed by atoms with van der Waals surface area (Å²) in [4.78, 5) is 35.6. The predicted octanol–water partition coefficient (Wildman–Crippen LogP) is 1.72. The number of rotatable bonds is 2. The van der Waals surface area contributed by atoms with Gasteiger partial charge in [-0.1, -0.05) is 0 Å². The van der Waals surface area contributed by atoms with Crippen molar-refractivity contribution in [1.29, 1.82) is 0 Å². The molecule has 0 bridgehead atoms. The minimum Gasteiger partial charge on any atom is -0.423 e. The number of fused-ring (bicyclic) bond motifs is 2. The molecule has 7 heteroatoms. The number of benzene rings is 1. The van der Waals surface area contributed by atoms with Crippen LogP contribution < -0.4 is 16.3 Å². The molecule has 0 spiro atoms. The van der Waals surface area contributed by atoms with Crippen LogP contribution in [0.5, 0.6) is 0 Å². The van der Waals surface area contributed by atoms with Gasteiger partial charge in [-0.15, -0.1) is 0 Å². The number of hydrogen-bond donors (Lipinski definition) is 2. The van der Waals surface area contributed by atoms with E-state index in [4.69, 9.17) is 9.15 Å². The lowest BCUT2D eigenvalue weighted by Gasteiger charge is -2.38. The van der Waals surface area contributed by atoms with Gasteiger partial charge < -0.3 is 19.8 Å². The van der Waals surface area contributed by atoms with E-state index in [1.807, 2.05) is 13.0 Å². The van der Waals surface area contributed by atoms with Crippen molar-refractivity contribution in [2.45, 2.75) is 38.3 Å². The molecule has 26 heavy (non-hydrogen) atoms. The third-order valence-corrected chi connectivity index (χ3v) is 5.16. The number of amides is 2. The van der Waals surface area contributed by atoms with E-state index in [2.05, 4.69) is 10.6 Å². The monoisotopic (exact) mass is 356 g/mol. The number of hydrogen-bond acceptors (Lipinski definition) is 5. The van der Waals surface area contributed by atoms with Gasteiger partial charge in [-0.25, -0.2) is 4.79 Å². The normalized spacial score (nSPS) is 25.4. The summed E-state index contributed by atoms with van der Waals surface area (Å²) in [7, 11) is 0. The highest BCUT2D eigenvalue weighted by Gasteiger charge is 2.38. The molecule has 2 amide bonds. The first-order chi connectivity index (χ1) is 12.5. The first-order valence-corrected chi connectivity index (χ1v) is 8.76. The summed E-state index contributed by atoms with van der Waals surface area (Å²) in [5, 5.41) is 6.67. The van der Waals surface area contributed by atoms with Gasteiger partial charge in [-0.3, -0.25) is 9.59 Å². The average molecular weight is 356 g/mol. The van der Waals surface area contributed by atoms with Gasteiger partial charge in [0.25, 0.3) is 0 Å². The van der Waals surface area contributed by atoms with Crippen molar-refractivity contribution in [3.8, 4) is 0 Å². The van der Waals surface area contributed by atoms with E-state index in [1.54, 1.807) is 12.1 Å². The minimum absolute atomic E-state index is 0.00165. The van der Waals surface area contributed by atoms with Gasteiger partial charge in [-0.05, 0) is 43.9 Å². The van der Waals surface area contributed by atoms with Gasteiger partial charge in [0.05, 0.1) is 12.1 Å². The molecule has 1 aromatic heterocycles. The quantitative estimate of drug-likeness (QED) is 0.799. The van der Waals surface area contributed by atoms with Crippen molar-refractivity contribution in [2.24, 2.45) is 5.92 Å². The fourth-order valence-corrected chi connectivity index (χ4v) is 3.79. The van der Waals surface area contributed by atoms with Gasteiger partial charge in [0.15, 0.2) is 0 Å². The number of carbonyl (C=O) groups excluding carboxylic acids is 2. The highest BCUT2D eigenvalue weighted by molar-refractivity contribution is 5.95. The Morgan fingerprint density at radius 1 is 1.23 bits per heavy atom. The Labute approximate surface area is 149 Å². The standard InChI is InChI=1S/C19H20N2O5/c1-10-6-18(23)26-15-8-12(3-4-13(10)15)20-19(24)11-2-5-14-16(7-11)25-9-17(22)21-14/h3-4,6,8,11,14,16H,2,5,7,9H2,1H3,(H,20,24)(H,21,22)/t11-,14-,16-/m0/s1. The Morgan fingerprint density at radius 3 is 2.92 bits per heavy atom. The summed E-state index contributed by atoms with van der Waals surface area (Å²) in [6, 6.07) is 6.75. The molecular formula is C19H20N2O5. The van der Waals surface area contributed by atoms with Crippen LogP contribution >= 0.6 is 0 Å². The molecule has 1 saturated carbocycles. The smallest absolute Gasteiger partial charge is 0.336 e. The molecule has 1 aliphatic heterocycles. The van der Waals surface area contributed by atoms with Crippen molar-refractivity contribution < 1.29 is 18.7 Å². The largest absolute Gasteiger partial charge is 0.423 e. The lowest BCUT2D eigenvalue weighted by Crippen LogP contribution is -2.55. The first-order valence-electron chi connectivity index (χ1n) is 8.76. The Morgan fingerprint density at radius 2 is 2.08 bits per heavy atom. The maximum absolute atomic E-state index is 12.6. The van der Waals surface area contributed by atoms with Gasteiger partial charge in [-0.2, -0.15) is 0 Å². The summed E-state index contributed by atoms with van der Waals surface area (Å²) in [6.45, 7) is 1.90. The Hall–Kier alpha value is -2.67. The molecule has 2 fully saturated rings. The number of nitrogens with one attached hydrogen (secondary N) is 2. The molecule has 0 radical (unpaired) electrons. The van der Waals surface area contributed by atoms with Crippen LogP contribution in [0, 0.1) is 12.8 Å². The lowest BCUT2D eigenvalue weighted by atomic mass is 9.82. The van der Waals surface area contributed by atoms with Crippen molar-refractivity contribution in [3.63, 3.8) is 0 Å². The fraction of sp³-hybridized carbons (Fsp3) is 0.421. The van der Waals surface area contributed by atoms with E-state index in [-0.39, 0.29) is 36.5 Å². The number of ether oxygens (including phenoxy) is 1. The van der Waals surface area contributed by atoms with E-state index in [0.717, 1.165) is 17.4 Å². The molecule has 1 aliphatic carbocycles. The molecule has 0 unspecified atom stereocenters. The number of aryl methyl sites for hydroxylation is 1. The third-order valence-electron chi connectivity index (χ3n) is 5.16. The average Bonchev–Trinajstić information content (AvgIpc) is 2.60. The molecule has 2 N–H and O–H groups in total. The number of carbonyl (C=O) groups is 2. The van der Waals surface area contributed by atoms with Crippen molar-refractivity contribution in [1.82, 2.24) is 5.32 Å². The van der Waals surface area contributed by atoms with Gasteiger partial charge >= 0.3 is 5.63 Å². The van der Waals surface area contributed by atoms with E-state index in [9.17, 15) is 14.4 Å². The second-order valence-corrected chi connectivity index (χ2v) is 6.98. The van der Waals surface area contributed by atoms with Crippen molar-refractivity contribution in [3.05, 3.63) is 40.2 Å².